The molecule has 1 saturated heterocycles. The van der Waals surface area contributed by atoms with Gasteiger partial charge in [-0.3, -0.25) is 0 Å². The Bertz CT molecular complexity index is 204. The number of carbonyl (C=O) groups is 1. The van der Waals surface area contributed by atoms with Crippen LogP contribution >= 0.6 is 0 Å². The average molecular weight is 215 g/mol. The van der Waals surface area contributed by atoms with Crippen LogP contribution in [0.25, 0.3) is 0 Å². The van der Waals surface area contributed by atoms with E-state index in [4.69, 9.17) is 9.47 Å². The number of ether oxygens (including phenoxy) is 2. The average Bonchev–Trinajstić information content (AvgIpc) is 2.14. The molecule has 1 fully saturated rings. The first kappa shape index (κ1) is 12.3. The maximum absolute atomic E-state index is 11.3. The van der Waals surface area contributed by atoms with Gasteiger partial charge in [0.1, 0.15) is 6.61 Å². The molecule has 1 amide bonds. The Morgan fingerprint density at radius 1 is 1.47 bits per heavy atom. The van der Waals surface area contributed by atoms with Gasteiger partial charge in [0.2, 0.25) is 0 Å². The molecule has 1 aliphatic heterocycles. The first-order valence-electron chi connectivity index (χ1n) is 5.54. The van der Waals surface area contributed by atoms with Crippen LogP contribution in [0.5, 0.6) is 0 Å². The molecule has 0 aromatic carbocycles. The van der Waals surface area contributed by atoms with E-state index in [1.807, 2.05) is 20.8 Å². The van der Waals surface area contributed by atoms with Crippen molar-refractivity contribution in [3.8, 4) is 0 Å². The van der Waals surface area contributed by atoms with Crippen LogP contribution in [0.1, 0.15) is 40.0 Å². The Kier molecular flexibility index (Phi) is 4.39. The van der Waals surface area contributed by atoms with E-state index in [-0.39, 0.29) is 17.7 Å². The van der Waals surface area contributed by atoms with Crippen molar-refractivity contribution in [3.05, 3.63) is 0 Å². The van der Waals surface area contributed by atoms with Crippen LogP contribution in [0.15, 0.2) is 0 Å². The Morgan fingerprint density at radius 2 is 2.20 bits per heavy atom. The monoisotopic (exact) mass is 215 g/mol. The highest BCUT2D eigenvalue weighted by Gasteiger charge is 2.18. The fourth-order valence-electron chi connectivity index (χ4n) is 1.45. The molecule has 15 heavy (non-hydrogen) atoms. The van der Waals surface area contributed by atoms with E-state index in [2.05, 4.69) is 5.32 Å². The van der Waals surface area contributed by atoms with Gasteiger partial charge < -0.3 is 14.8 Å². The van der Waals surface area contributed by atoms with Crippen LogP contribution in [-0.2, 0) is 9.47 Å². The fourth-order valence-corrected chi connectivity index (χ4v) is 1.45. The van der Waals surface area contributed by atoms with E-state index in [9.17, 15) is 4.79 Å². The summed E-state index contributed by atoms with van der Waals surface area (Å²) in [4.78, 5) is 11.3. The number of carbonyl (C=O) groups excluding carboxylic acids is 1. The summed E-state index contributed by atoms with van der Waals surface area (Å²) < 4.78 is 10.5. The van der Waals surface area contributed by atoms with Crippen molar-refractivity contribution < 1.29 is 14.3 Å². The SMILES string of the molecule is CC(C)(C)NC(=O)OCC1CCCCO1. The molecule has 0 bridgehead atoms. The molecule has 1 rings (SSSR count). The lowest BCUT2D eigenvalue weighted by atomic mass is 10.1. The molecule has 1 unspecified atom stereocenters. The molecule has 4 heteroatoms. The van der Waals surface area contributed by atoms with Crippen molar-refractivity contribution in [3.63, 3.8) is 0 Å². The minimum atomic E-state index is -0.364. The molecular formula is C11H21NO3. The van der Waals surface area contributed by atoms with Gasteiger partial charge in [-0.2, -0.15) is 0 Å². The Balaban J connectivity index is 2.15. The van der Waals surface area contributed by atoms with Crippen LogP contribution in [0, 0.1) is 0 Å². The number of nitrogens with one attached hydrogen (secondary N) is 1. The minimum absolute atomic E-state index is 0.0875. The molecule has 0 radical (unpaired) electrons. The van der Waals surface area contributed by atoms with E-state index in [1.54, 1.807) is 0 Å². The van der Waals surface area contributed by atoms with Gasteiger partial charge in [-0.1, -0.05) is 0 Å². The smallest absolute Gasteiger partial charge is 0.407 e. The molecule has 0 aromatic heterocycles. The predicted molar refractivity (Wildman–Crippen MR) is 57.8 cm³/mol. The molecule has 1 aliphatic rings. The standard InChI is InChI=1S/C11H21NO3/c1-11(2,3)12-10(13)15-8-9-6-4-5-7-14-9/h9H,4-8H2,1-3H3,(H,12,13). The normalized spacial score (nSPS) is 22.2. The zero-order valence-electron chi connectivity index (χ0n) is 9.84. The van der Waals surface area contributed by atoms with Crippen molar-refractivity contribution in [2.75, 3.05) is 13.2 Å². The number of amides is 1. The molecule has 1 heterocycles. The predicted octanol–water partition coefficient (Wildman–Crippen LogP) is 2.08. The van der Waals surface area contributed by atoms with Gasteiger partial charge in [0, 0.05) is 12.1 Å². The Hall–Kier alpha value is -0.770. The summed E-state index contributed by atoms with van der Waals surface area (Å²) in [6.45, 7) is 6.92. The van der Waals surface area contributed by atoms with Crippen molar-refractivity contribution in [2.24, 2.45) is 0 Å². The van der Waals surface area contributed by atoms with Crippen LogP contribution < -0.4 is 5.32 Å². The summed E-state index contributed by atoms with van der Waals surface area (Å²) in [6.07, 6.45) is 2.99. The maximum atomic E-state index is 11.3. The van der Waals surface area contributed by atoms with Gasteiger partial charge >= 0.3 is 6.09 Å². The van der Waals surface area contributed by atoms with E-state index >= 15 is 0 Å². The zero-order valence-corrected chi connectivity index (χ0v) is 9.84. The highest BCUT2D eigenvalue weighted by molar-refractivity contribution is 5.68. The zero-order chi connectivity index (χ0) is 11.3. The van der Waals surface area contributed by atoms with Gasteiger partial charge in [-0.25, -0.2) is 4.79 Å². The Morgan fingerprint density at radius 3 is 2.73 bits per heavy atom. The third-order valence-electron chi connectivity index (χ3n) is 2.15. The molecule has 0 aliphatic carbocycles. The molecule has 0 spiro atoms. The van der Waals surface area contributed by atoms with Gasteiger partial charge in [0.15, 0.2) is 0 Å². The largest absolute Gasteiger partial charge is 0.447 e. The van der Waals surface area contributed by atoms with Crippen molar-refractivity contribution >= 4 is 6.09 Å². The highest BCUT2D eigenvalue weighted by Crippen LogP contribution is 2.12. The topological polar surface area (TPSA) is 47.6 Å². The van der Waals surface area contributed by atoms with Crippen LogP contribution in [0.3, 0.4) is 0 Å². The number of hydrogen-bond acceptors (Lipinski definition) is 3. The lowest BCUT2D eigenvalue weighted by Crippen LogP contribution is -2.42. The first-order valence-corrected chi connectivity index (χ1v) is 5.54. The second-order valence-electron chi connectivity index (χ2n) is 4.96. The third-order valence-corrected chi connectivity index (χ3v) is 2.15. The van der Waals surface area contributed by atoms with Crippen molar-refractivity contribution in [1.82, 2.24) is 5.32 Å². The molecule has 88 valence electrons. The number of hydrogen-bond donors (Lipinski definition) is 1. The van der Waals surface area contributed by atoms with Gasteiger partial charge in [-0.05, 0) is 40.0 Å². The summed E-state index contributed by atoms with van der Waals surface area (Å²) in [5.41, 5.74) is -0.246. The lowest BCUT2D eigenvalue weighted by Gasteiger charge is -2.24. The second-order valence-corrected chi connectivity index (χ2v) is 4.96. The number of rotatable bonds is 2. The van der Waals surface area contributed by atoms with Gasteiger partial charge in [-0.15, -0.1) is 0 Å². The maximum Gasteiger partial charge on any atom is 0.407 e. The van der Waals surface area contributed by atoms with Crippen LogP contribution in [0.2, 0.25) is 0 Å². The van der Waals surface area contributed by atoms with E-state index < -0.39 is 0 Å². The van der Waals surface area contributed by atoms with E-state index in [0.29, 0.717) is 6.61 Å². The van der Waals surface area contributed by atoms with Crippen molar-refractivity contribution in [1.29, 1.82) is 0 Å². The third kappa shape index (κ3) is 5.62. The molecule has 1 N–H and O–H groups in total. The lowest BCUT2D eigenvalue weighted by molar-refractivity contribution is -0.0231. The van der Waals surface area contributed by atoms with Crippen LogP contribution in [-0.4, -0.2) is 30.9 Å². The van der Waals surface area contributed by atoms with Crippen LogP contribution in [0.4, 0.5) is 4.79 Å². The fraction of sp³-hybridized carbons (Fsp3) is 0.909. The molecule has 4 nitrogen and oxygen atoms in total. The van der Waals surface area contributed by atoms with Crippen molar-refractivity contribution in [2.45, 2.75) is 51.7 Å². The Labute approximate surface area is 91.3 Å². The number of alkyl carbamates (subject to hydrolysis) is 1. The van der Waals surface area contributed by atoms with E-state index in [0.717, 1.165) is 25.9 Å². The van der Waals surface area contributed by atoms with E-state index in [1.165, 1.54) is 0 Å². The molecule has 1 atom stereocenters. The minimum Gasteiger partial charge on any atom is -0.447 e. The second kappa shape index (κ2) is 5.35. The molecule has 0 aromatic rings. The highest BCUT2D eigenvalue weighted by atomic mass is 16.6. The molecular weight excluding hydrogens is 194 g/mol. The molecule has 0 saturated carbocycles. The summed E-state index contributed by atoms with van der Waals surface area (Å²) in [5.74, 6) is 0. The summed E-state index contributed by atoms with van der Waals surface area (Å²) in [7, 11) is 0. The summed E-state index contributed by atoms with van der Waals surface area (Å²) in [6, 6.07) is 0. The summed E-state index contributed by atoms with van der Waals surface area (Å²) in [5, 5.41) is 2.74. The first-order chi connectivity index (χ1) is 6.97. The van der Waals surface area contributed by atoms with Gasteiger partial charge in [0.05, 0.1) is 6.10 Å². The summed E-state index contributed by atoms with van der Waals surface area (Å²) >= 11 is 0. The quantitative estimate of drug-likeness (QED) is 0.767. The van der Waals surface area contributed by atoms with Gasteiger partial charge in [0.25, 0.3) is 0 Å².